The number of carbonyl (C=O) groups excluding carboxylic acids is 2. The van der Waals surface area contributed by atoms with Gasteiger partial charge < -0.3 is 10.1 Å². The van der Waals surface area contributed by atoms with Gasteiger partial charge in [-0.2, -0.15) is 0 Å². The highest BCUT2D eigenvalue weighted by molar-refractivity contribution is 6.01. The summed E-state index contributed by atoms with van der Waals surface area (Å²) in [6.07, 6.45) is 2.12. The second-order valence-electron chi connectivity index (χ2n) is 5.32. The molecule has 0 unspecified atom stereocenters. The fourth-order valence-corrected chi connectivity index (χ4v) is 2.39. The Balaban J connectivity index is 1.55. The lowest BCUT2D eigenvalue weighted by atomic mass is 10.1. The number of ether oxygens (including phenoxy) is 1. The maximum Gasteiger partial charge on any atom is 0.266 e. The molecule has 1 N–H and O–H groups in total. The van der Waals surface area contributed by atoms with Crippen molar-refractivity contribution < 1.29 is 18.7 Å². The van der Waals surface area contributed by atoms with Gasteiger partial charge in [0.15, 0.2) is 18.2 Å². The third-order valence-corrected chi connectivity index (χ3v) is 3.61. The molecule has 0 radical (unpaired) electrons. The molecule has 124 valence electrons. The highest BCUT2D eigenvalue weighted by Crippen LogP contribution is 2.28. The van der Waals surface area contributed by atoms with Gasteiger partial charge in [0.2, 0.25) is 5.91 Å². The van der Waals surface area contributed by atoms with Crippen LogP contribution in [0.15, 0.2) is 42.6 Å². The number of aromatic nitrogens is 1. The lowest BCUT2D eigenvalue weighted by Gasteiger charge is -2.27. The van der Waals surface area contributed by atoms with Gasteiger partial charge in [0, 0.05) is 12.7 Å². The van der Waals surface area contributed by atoms with E-state index in [1.807, 2.05) is 0 Å². The molecule has 7 heteroatoms. The summed E-state index contributed by atoms with van der Waals surface area (Å²) in [6, 6.07) is 9.52. The summed E-state index contributed by atoms with van der Waals surface area (Å²) in [4.78, 5) is 29.5. The number of pyridine rings is 1. The van der Waals surface area contributed by atoms with Crippen LogP contribution >= 0.6 is 0 Å². The van der Waals surface area contributed by atoms with Crippen molar-refractivity contribution in [2.75, 3.05) is 24.6 Å². The summed E-state index contributed by atoms with van der Waals surface area (Å²) < 4.78 is 18.1. The molecular weight excluding hydrogens is 313 g/mol. The fraction of sp³-hybridized carbons (Fsp3) is 0.235. The quantitative estimate of drug-likeness (QED) is 0.898. The first-order valence-corrected chi connectivity index (χ1v) is 7.53. The smallest absolute Gasteiger partial charge is 0.266 e. The third kappa shape index (κ3) is 3.68. The van der Waals surface area contributed by atoms with Gasteiger partial charge in [-0.1, -0.05) is 12.1 Å². The van der Waals surface area contributed by atoms with Gasteiger partial charge in [-0.3, -0.25) is 14.5 Å². The van der Waals surface area contributed by atoms with Crippen molar-refractivity contribution in [2.45, 2.75) is 6.42 Å². The highest BCUT2D eigenvalue weighted by atomic mass is 19.1. The second kappa shape index (κ2) is 7.08. The van der Waals surface area contributed by atoms with Crippen molar-refractivity contribution in [3.05, 3.63) is 54.0 Å². The van der Waals surface area contributed by atoms with Crippen LogP contribution in [0.3, 0.4) is 0 Å². The van der Waals surface area contributed by atoms with E-state index in [1.54, 1.807) is 30.5 Å². The highest BCUT2D eigenvalue weighted by Gasteiger charge is 2.28. The molecule has 0 aliphatic carbocycles. The molecule has 1 aromatic heterocycles. The number of benzene rings is 1. The van der Waals surface area contributed by atoms with Gasteiger partial charge in [0.1, 0.15) is 12.4 Å². The summed E-state index contributed by atoms with van der Waals surface area (Å²) in [5.41, 5.74) is 0.922. The van der Waals surface area contributed by atoms with E-state index < -0.39 is 0 Å². The Morgan fingerprint density at radius 3 is 2.88 bits per heavy atom. The number of rotatable bonds is 5. The van der Waals surface area contributed by atoms with Crippen LogP contribution in [-0.4, -0.2) is 36.5 Å². The van der Waals surface area contributed by atoms with Crippen LogP contribution in [0.25, 0.3) is 0 Å². The molecule has 2 amide bonds. The maximum absolute atomic E-state index is 12.8. The fourth-order valence-electron chi connectivity index (χ4n) is 2.39. The van der Waals surface area contributed by atoms with E-state index in [4.69, 9.17) is 4.74 Å². The zero-order valence-corrected chi connectivity index (χ0v) is 12.9. The number of carbonyl (C=O) groups is 2. The van der Waals surface area contributed by atoms with Gasteiger partial charge in [-0.05, 0) is 36.2 Å². The molecule has 0 spiro atoms. The molecular formula is C17H16FN3O3. The Hall–Kier alpha value is -2.96. The number of halogens is 1. The van der Waals surface area contributed by atoms with E-state index in [-0.39, 0.29) is 30.8 Å². The van der Waals surface area contributed by atoms with E-state index in [0.29, 0.717) is 24.5 Å². The maximum atomic E-state index is 12.8. The monoisotopic (exact) mass is 329 g/mol. The Labute approximate surface area is 138 Å². The van der Waals surface area contributed by atoms with E-state index in [2.05, 4.69) is 10.3 Å². The molecule has 3 rings (SSSR count). The number of hydrogen-bond donors (Lipinski definition) is 1. The predicted molar refractivity (Wildman–Crippen MR) is 85.2 cm³/mol. The SMILES string of the molecule is O=C(CN1C(=O)COc2cccnc21)NCCc1ccc(F)cc1. The Kier molecular flexibility index (Phi) is 4.69. The zero-order valence-electron chi connectivity index (χ0n) is 12.9. The topological polar surface area (TPSA) is 71.5 Å². The first-order chi connectivity index (χ1) is 11.6. The predicted octanol–water partition coefficient (Wildman–Crippen LogP) is 1.30. The summed E-state index contributed by atoms with van der Waals surface area (Å²) in [5, 5.41) is 2.75. The molecule has 24 heavy (non-hydrogen) atoms. The third-order valence-electron chi connectivity index (χ3n) is 3.61. The van der Waals surface area contributed by atoms with Crippen LogP contribution < -0.4 is 15.0 Å². The average Bonchev–Trinajstić information content (AvgIpc) is 2.59. The van der Waals surface area contributed by atoms with Gasteiger partial charge in [-0.25, -0.2) is 9.37 Å². The minimum Gasteiger partial charge on any atom is -0.480 e. The van der Waals surface area contributed by atoms with Crippen LogP contribution in [-0.2, 0) is 16.0 Å². The Morgan fingerprint density at radius 2 is 2.08 bits per heavy atom. The molecule has 6 nitrogen and oxygen atoms in total. The van der Waals surface area contributed by atoms with Crippen molar-refractivity contribution in [1.82, 2.24) is 10.3 Å². The number of nitrogens with zero attached hydrogens (tertiary/aromatic N) is 2. The lowest BCUT2D eigenvalue weighted by Crippen LogP contribution is -2.45. The molecule has 0 saturated carbocycles. The van der Waals surface area contributed by atoms with Crippen molar-refractivity contribution in [1.29, 1.82) is 0 Å². The van der Waals surface area contributed by atoms with Gasteiger partial charge in [0.25, 0.3) is 5.91 Å². The second-order valence-corrected chi connectivity index (χ2v) is 5.32. The molecule has 0 saturated heterocycles. The minimum absolute atomic E-state index is 0.110. The van der Waals surface area contributed by atoms with Gasteiger partial charge in [-0.15, -0.1) is 0 Å². The van der Waals surface area contributed by atoms with Crippen molar-refractivity contribution in [2.24, 2.45) is 0 Å². The zero-order chi connectivity index (χ0) is 16.9. The molecule has 1 aliphatic rings. The first-order valence-electron chi connectivity index (χ1n) is 7.53. The Bertz CT molecular complexity index is 749. The first kappa shape index (κ1) is 15.9. The summed E-state index contributed by atoms with van der Waals surface area (Å²) in [5.74, 6) is -0.0581. The van der Waals surface area contributed by atoms with Gasteiger partial charge in [0.05, 0.1) is 0 Å². The molecule has 2 heterocycles. The van der Waals surface area contributed by atoms with Crippen LogP contribution in [0.5, 0.6) is 5.75 Å². The van der Waals surface area contributed by atoms with Crippen molar-refractivity contribution in [3.8, 4) is 5.75 Å². The minimum atomic E-state index is -0.310. The molecule has 1 aromatic carbocycles. The number of amides is 2. The van der Waals surface area contributed by atoms with Crippen LogP contribution in [0, 0.1) is 5.82 Å². The molecule has 0 fully saturated rings. The number of nitrogens with one attached hydrogen (secondary N) is 1. The number of hydrogen-bond acceptors (Lipinski definition) is 4. The van der Waals surface area contributed by atoms with Crippen LogP contribution in [0.1, 0.15) is 5.56 Å². The van der Waals surface area contributed by atoms with E-state index >= 15 is 0 Å². The van der Waals surface area contributed by atoms with Crippen LogP contribution in [0.2, 0.25) is 0 Å². The van der Waals surface area contributed by atoms with Crippen molar-refractivity contribution >= 4 is 17.6 Å². The largest absolute Gasteiger partial charge is 0.480 e. The normalized spacial score (nSPS) is 13.2. The summed E-state index contributed by atoms with van der Waals surface area (Å²) >= 11 is 0. The van der Waals surface area contributed by atoms with Crippen molar-refractivity contribution in [3.63, 3.8) is 0 Å². The van der Waals surface area contributed by atoms with E-state index in [9.17, 15) is 14.0 Å². The number of fused-ring (bicyclic) bond motifs is 1. The molecule has 1 aliphatic heterocycles. The Morgan fingerprint density at radius 1 is 1.29 bits per heavy atom. The summed E-state index contributed by atoms with van der Waals surface area (Å²) in [6.45, 7) is 0.176. The lowest BCUT2D eigenvalue weighted by molar-refractivity contribution is -0.125. The molecule has 0 bridgehead atoms. The van der Waals surface area contributed by atoms with Gasteiger partial charge >= 0.3 is 0 Å². The molecule has 2 aromatic rings. The van der Waals surface area contributed by atoms with E-state index in [1.165, 1.54) is 17.0 Å². The summed E-state index contributed by atoms with van der Waals surface area (Å²) in [7, 11) is 0. The molecule has 0 atom stereocenters. The standard InChI is InChI=1S/C17H16FN3O3/c18-13-5-3-12(4-6-13)7-9-19-15(22)10-21-16(23)11-24-14-2-1-8-20-17(14)21/h1-6,8H,7,9-11H2,(H,19,22). The van der Waals surface area contributed by atoms with Crippen LogP contribution in [0.4, 0.5) is 10.2 Å². The number of anilines is 1. The van der Waals surface area contributed by atoms with E-state index in [0.717, 1.165) is 5.56 Å². The average molecular weight is 329 g/mol.